The third-order valence-corrected chi connectivity index (χ3v) is 5.04. The molecule has 0 spiro atoms. The molecule has 1 aliphatic rings. The van der Waals surface area contributed by atoms with E-state index < -0.39 is 11.9 Å². The molecule has 132 valence electrons. The molecule has 1 fully saturated rings. The van der Waals surface area contributed by atoms with Gasteiger partial charge in [0, 0.05) is 36.7 Å². The minimum absolute atomic E-state index is 0.0306. The number of hydrogen-bond donors (Lipinski definition) is 2. The number of rotatable bonds is 4. The van der Waals surface area contributed by atoms with Crippen LogP contribution in [0.4, 0.5) is 20.6 Å². The maximum atomic E-state index is 14.6. The number of halogens is 1. The molecule has 25 heavy (non-hydrogen) atoms. The van der Waals surface area contributed by atoms with E-state index in [0.29, 0.717) is 18.8 Å². The Morgan fingerprint density at radius 3 is 2.52 bits per heavy atom. The van der Waals surface area contributed by atoms with Crippen LogP contribution in [0, 0.1) is 5.82 Å². The molecule has 0 bridgehead atoms. The van der Waals surface area contributed by atoms with Gasteiger partial charge in [-0.05, 0) is 5.56 Å². The average Bonchev–Trinajstić information content (AvgIpc) is 2.63. The van der Waals surface area contributed by atoms with Crippen molar-refractivity contribution in [2.24, 2.45) is 0 Å². The molecule has 0 aromatic heterocycles. The lowest BCUT2D eigenvalue weighted by Gasteiger charge is -2.30. The number of thioether (sulfide) groups is 1. The predicted octanol–water partition coefficient (Wildman–Crippen LogP) is 3.77. The van der Waals surface area contributed by atoms with Crippen molar-refractivity contribution in [3.05, 3.63) is 53.8 Å². The van der Waals surface area contributed by atoms with Crippen LogP contribution in [0.3, 0.4) is 0 Å². The molecular weight excluding hydrogens is 343 g/mol. The van der Waals surface area contributed by atoms with Crippen molar-refractivity contribution in [3.63, 3.8) is 0 Å². The molecule has 1 saturated heterocycles. The number of benzene rings is 2. The molecule has 2 aromatic rings. The number of carbonyl (C=O) groups is 1. The van der Waals surface area contributed by atoms with Gasteiger partial charge in [-0.3, -0.25) is 4.90 Å². The summed E-state index contributed by atoms with van der Waals surface area (Å²) in [4.78, 5) is 14.5. The first-order valence-electron chi connectivity index (χ1n) is 7.96. The van der Waals surface area contributed by atoms with Crippen LogP contribution in [0.2, 0.25) is 0 Å². The van der Waals surface area contributed by atoms with Gasteiger partial charge in [-0.1, -0.05) is 30.3 Å². The quantitative estimate of drug-likeness (QED) is 0.867. The molecule has 5 nitrogen and oxygen atoms in total. The van der Waals surface area contributed by atoms with Gasteiger partial charge in [-0.25, -0.2) is 9.18 Å². The van der Waals surface area contributed by atoms with Gasteiger partial charge in [0.05, 0.1) is 17.9 Å². The van der Waals surface area contributed by atoms with Crippen LogP contribution in [0.25, 0.3) is 0 Å². The second-order valence-corrected chi connectivity index (χ2v) is 6.97. The van der Waals surface area contributed by atoms with Crippen molar-refractivity contribution < 1.29 is 19.4 Å². The van der Waals surface area contributed by atoms with E-state index in [1.165, 1.54) is 6.07 Å². The van der Waals surface area contributed by atoms with E-state index in [-0.39, 0.29) is 18.0 Å². The van der Waals surface area contributed by atoms with E-state index in [2.05, 4.69) is 0 Å². The van der Waals surface area contributed by atoms with Crippen LogP contribution < -0.4 is 9.80 Å². The molecule has 2 N–H and O–H groups in total. The minimum atomic E-state index is -1.25. The molecule has 0 radical (unpaired) electrons. The van der Waals surface area contributed by atoms with E-state index in [0.717, 1.165) is 28.0 Å². The number of nitrogens with zero attached hydrogens (tertiary/aromatic N) is 2. The van der Waals surface area contributed by atoms with E-state index in [1.54, 1.807) is 36.0 Å². The largest absolute Gasteiger partial charge is 0.506 e. The number of phenols is 1. The Labute approximate surface area is 149 Å². The molecule has 1 heterocycles. The Kier molecular flexibility index (Phi) is 5.33. The van der Waals surface area contributed by atoms with Gasteiger partial charge in [0.15, 0.2) is 0 Å². The lowest BCUT2D eigenvalue weighted by Crippen LogP contribution is -2.33. The summed E-state index contributed by atoms with van der Waals surface area (Å²) in [7, 11) is 0. The summed E-state index contributed by atoms with van der Waals surface area (Å²) in [5, 5.41) is 19.8. The summed E-state index contributed by atoms with van der Waals surface area (Å²) in [6.45, 7) is 1.43. The van der Waals surface area contributed by atoms with E-state index >= 15 is 0 Å². The Hall–Kier alpha value is -2.41. The average molecular weight is 362 g/mol. The van der Waals surface area contributed by atoms with Crippen molar-refractivity contribution >= 4 is 29.2 Å². The molecule has 7 heteroatoms. The van der Waals surface area contributed by atoms with Crippen LogP contribution in [0.5, 0.6) is 5.75 Å². The second kappa shape index (κ2) is 7.65. The molecule has 0 saturated carbocycles. The Bertz CT molecular complexity index is 751. The van der Waals surface area contributed by atoms with Gasteiger partial charge in [-0.2, -0.15) is 11.8 Å². The highest BCUT2D eigenvalue weighted by atomic mass is 32.2. The standard InChI is InChI=1S/C18H19FN2O3S/c19-14-10-16(17(22)11-15(14)20-6-8-25-9-7-20)21(18(23)24)12-13-4-2-1-3-5-13/h1-5,10-11,22H,6-9,12H2,(H,23,24). The third kappa shape index (κ3) is 3.99. The highest BCUT2D eigenvalue weighted by Gasteiger charge is 2.23. The summed E-state index contributed by atoms with van der Waals surface area (Å²) in [6.07, 6.45) is -1.25. The fraction of sp³-hybridized carbons (Fsp3) is 0.278. The molecule has 0 aliphatic carbocycles. The third-order valence-electron chi connectivity index (χ3n) is 4.10. The first-order valence-corrected chi connectivity index (χ1v) is 9.11. The first-order chi connectivity index (χ1) is 12.1. The Morgan fingerprint density at radius 1 is 1.20 bits per heavy atom. The summed E-state index contributed by atoms with van der Waals surface area (Å²) in [5.74, 6) is 1.03. The van der Waals surface area contributed by atoms with Crippen molar-refractivity contribution in [2.75, 3.05) is 34.4 Å². The van der Waals surface area contributed by atoms with Gasteiger partial charge in [0.1, 0.15) is 11.6 Å². The highest BCUT2D eigenvalue weighted by molar-refractivity contribution is 7.99. The SMILES string of the molecule is O=C(O)N(Cc1ccccc1)c1cc(F)c(N2CCSCC2)cc1O. The Balaban J connectivity index is 1.91. The molecule has 2 aromatic carbocycles. The van der Waals surface area contributed by atoms with Gasteiger partial charge in [0.25, 0.3) is 0 Å². The van der Waals surface area contributed by atoms with Crippen molar-refractivity contribution in [1.29, 1.82) is 0 Å². The normalized spacial score (nSPS) is 14.4. The van der Waals surface area contributed by atoms with Crippen molar-refractivity contribution in [2.45, 2.75) is 6.54 Å². The summed E-state index contributed by atoms with van der Waals surface area (Å²) in [6, 6.07) is 11.4. The maximum absolute atomic E-state index is 14.6. The lowest BCUT2D eigenvalue weighted by molar-refractivity contribution is 0.201. The second-order valence-electron chi connectivity index (χ2n) is 5.75. The first kappa shape index (κ1) is 17.4. The zero-order valence-electron chi connectivity index (χ0n) is 13.6. The van der Waals surface area contributed by atoms with E-state index in [1.807, 2.05) is 11.0 Å². The zero-order valence-corrected chi connectivity index (χ0v) is 14.4. The van der Waals surface area contributed by atoms with E-state index in [4.69, 9.17) is 0 Å². The molecule has 1 aliphatic heterocycles. The smallest absolute Gasteiger partial charge is 0.412 e. The predicted molar refractivity (Wildman–Crippen MR) is 98.3 cm³/mol. The fourth-order valence-electron chi connectivity index (χ4n) is 2.82. The van der Waals surface area contributed by atoms with Crippen LogP contribution in [0.1, 0.15) is 5.56 Å². The van der Waals surface area contributed by atoms with Crippen LogP contribution in [-0.4, -0.2) is 40.9 Å². The zero-order chi connectivity index (χ0) is 17.8. The number of amides is 1. The van der Waals surface area contributed by atoms with Crippen LogP contribution in [-0.2, 0) is 6.54 Å². The van der Waals surface area contributed by atoms with Gasteiger partial charge in [0.2, 0.25) is 0 Å². The molecule has 0 unspecified atom stereocenters. The van der Waals surface area contributed by atoms with Gasteiger partial charge in [-0.15, -0.1) is 0 Å². The van der Waals surface area contributed by atoms with Gasteiger partial charge >= 0.3 is 6.09 Å². The summed E-state index contributed by atoms with van der Waals surface area (Å²) < 4.78 is 14.6. The van der Waals surface area contributed by atoms with E-state index in [9.17, 15) is 19.4 Å². The molecule has 0 atom stereocenters. The summed E-state index contributed by atoms with van der Waals surface area (Å²) >= 11 is 1.80. The monoisotopic (exact) mass is 362 g/mol. The molecule has 3 rings (SSSR count). The van der Waals surface area contributed by atoms with Gasteiger partial charge < -0.3 is 15.1 Å². The maximum Gasteiger partial charge on any atom is 0.412 e. The topological polar surface area (TPSA) is 64.0 Å². The number of aromatic hydroxyl groups is 1. The molecule has 1 amide bonds. The Morgan fingerprint density at radius 2 is 1.88 bits per heavy atom. The number of anilines is 2. The molecular formula is C18H19FN2O3S. The fourth-order valence-corrected chi connectivity index (χ4v) is 3.73. The number of phenolic OH excluding ortho intramolecular Hbond substituents is 1. The minimum Gasteiger partial charge on any atom is -0.506 e. The van der Waals surface area contributed by atoms with Crippen LogP contribution >= 0.6 is 11.8 Å². The summed E-state index contributed by atoms with van der Waals surface area (Å²) in [5.41, 5.74) is 1.01. The van der Waals surface area contributed by atoms with Crippen molar-refractivity contribution in [1.82, 2.24) is 0 Å². The number of hydrogen-bond acceptors (Lipinski definition) is 4. The highest BCUT2D eigenvalue weighted by Crippen LogP contribution is 2.36. The lowest BCUT2D eigenvalue weighted by atomic mass is 10.1. The number of carboxylic acid groups (broad SMARTS) is 1. The van der Waals surface area contributed by atoms with Crippen LogP contribution in [0.15, 0.2) is 42.5 Å². The van der Waals surface area contributed by atoms with Crippen molar-refractivity contribution in [3.8, 4) is 5.75 Å².